The predicted octanol–water partition coefficient (Wildman–Crippen LogP) is 5.84. The van der Waals surface area contributed by atoms with Crippen molar-refractivity contribution in [3.63, 3.8) is 0 Å². The van der Waals surface area contributed by atoms with E-state index in [2.05, 4.69) is 15.9 Å². The minimum atomic E-state index is -0.897. The van der Waals surface area contributed by atoms with E-state index in [-0.39, 0.29) is 11.7 Å². The fourth-order valence-electron chi connectivity index (χ4n) is 1.95. The molecule has 0 saturated carbocycles. The van der Waals surface area contributed by atoms with Crippen LogP contribution in [0.25, 0.3) is 0 Å². The van der Waals surface area contributed by atoms with Crippen molar-refractivity contribution in [2.24, 2.45) is 0 Å². The molecule has 112 valence electrons. The van der Waals surface area contributed by atoms with Crippen molar-refractivity contribution >= 4 is 27.5 Å². The van der Waals surface area contributed by atoms with Gasteiger partial charge in [0, 0.05) is 10.0 Å². The third-order valence-corrected chi connectivity index (χ3v) is 3.77. The van der Waals surface area contributed by atoms with Gasteiger partial charge in [0.1, 0.15) is 17.4 Å². The van der Waals surface area contributed by atoms with Gasteiger partial charge in [-0.2, -0.15) is 0 Å². The lowest BCUT2D eigenvalue weighted by atomic mass is 10.0. The molecule has 2 aromatic carbocycles. The number of benzene rings is 2. The molecule has 0 aliphatic rings. The van der Waals surface area contributed by atoms with Crippen molar-refractivity contribution < 1.29 is 13.5 Å². The highest BCUT2D eigenvalue weighted by molar-refractivity contribution is 9.10. The van der Waals surface area contributed by atoms with Gasteiger partial charge in [-0.25, -0.2) is 8.78 Å². The third-order valence-electron chi connectivity index (χ3n) is 2.84. The molecule has 1 atom stereocenters. The summed E-state index contributed by atoms with van der Waals surface area (Å²) in [6.45, 7) is 3.84. The van der Waals surface area contributed by atoms with E-state index in [0.717, 1.165) is 0 Å². The van der Waals surface area contributed by atoms with E-state index in [1.165, 1.54) is 12.1 Å². The van der Waals surface area contributed by atoms with Gasteiger partial charge in [0.2, 0.25) is 0 Å². The van der Waals surface area contributed by atoms with Gasteiger partial charge in [0.15, 0.2) is 0 Å². The molecule has 5 heteroatoms. The van der Waals surface area contributed by atoms with Crippen LogP contribution in [0.5, 0.6) is 5.75 Å². The quantitative estimate of drug-likeness (QED) is 0.610. The fraction of sp³-hybridized carbons (Fsp3) is 0.250. The molecule has 0 spiro atoms. The Balaban J connectivity index is 2.30. The average Bonchev–Trinajstić information content (AvgIpc) is 2.37. The zero-order valence-corrected chi connectivity index (χ0v) is 13.9. The maximum absolute atomic E-state index is 13.9. The molecular formula is C16H14BrClF2O. The molecule has 0 heterocycles. The maximum atomic E-state index is 13.9. The first-order valence-corrected chi connectivity index (χ1v) is 7.66. The molecule has 0 radical (unpaired) electrons. The predicted molar refractivity (Wildman–Crippen MR) is 84.0 cm³/mol. The summed E-state index contributed by atoms with van der Waals surface area (Å²) in [6, 6.07) is 9.28. The van der Waals surface area contributed by atoms with E-state index >= 15 is 0 Å². The van der Waals surface area contributed by atoms with Crippen LogP contribution >= 0.6 is 27.5 Å². The molecular weight excluding hydrogens is 362 g/mol. The molecule has 0 aliphatic heterocycles. The van der Waals surface area contributed by atoms with E-state index in [1.54, 1.807) is 24.3 Å². The van der Waals surface area contributed by atoms with Crippen LogP contribution in [-0.2, 0) is 0 Å². The summed E-state index contributed by atoms with van der Waals surface area (Å²) in [7, 11) is 0. The minimum Gasteiger partial charge on any atom is -0.491 e. The Hall–Kier alpha value is -1.13. The summed E-state index contributed by atoms with van der Waals surface area (Å²) in [5.41, 5.74) is 0.449. The molecule has 0 aliphatic carbocycles. The summed E-state index contributed by atoms with van der Waals surface area (Å²) < 4.78 is 33.7. The van der Waals surface area contributed by atoms with Crippen LogP contribution in [-0.4, -0.2) is 6.10 Å². The van der Waals surface area contributed by atoms with Crippen LogP contribution in [0.2, 0.25) is 0 Å². The molecule has 0 N–H and O–H groups in total. The van der Waals surface area contributed by atoms with Crippen LogP contribution in [0.15, 0.2) is 40.9 Å². The standard InChI is InChI=1S/C16H14BrClF2O/c1-9(2)21-12-5-3-10(4-6-12)16(18)15-13(19)7-11(17)8-14(15)20/h3-9,16H,1-2H3. The number of alkyl halides is 1. The van der Waals surface area contributed by atoms with Gasteiger partial charge >= 0.3 is 0 Å². The van der Waals surface area contributed by atoms with Crippen molar-refractivity contribution in [3.8, 4) is 5.75 Å². The zero-order valence-electron chi connectivity index (χ0n) is 11.5. The minimum absolute atomic E-state index is 0.0593. The first-order chi connectivity index (χ1) is 9.88. The van der Waals surface area contributed by atoms with Crippen molar-refractivity contribution in [3.05, 3.63) is 63.6 Å². The van der Waals surface area contributed by atoms with E-state index < -0.39 is 17.0 Å². The summed E-state index contributed by atoms with van der Waals surface area (Å²) in [5.74, 6) is -0.664. The van der Waals surface area contributed by atoms with E-state index in [0.29, 0.717) is 15.8 Å². The molecule has 0 saturated heterocycles. The van der Waals surface area contributed by atoms with Crippen LogP contribution < -0.4 is 4.74 Å². The van der Waals surface area contributed by atoms with Crippen molar-refractivity contribution in [1.29, 1.82) is 0 Å². The number of rotatable bonds is 4. The monoisotopic (exact) mass is 374 g/mol. The van der Waals surface area contributed by atoms with Crippen LogP contribution in [0.4, 0.5) is 8.78 Å². The van der Waals surface area contributed by atoms with Gasteiger partial charge in [-0.3, -0.25) is 0 Å². The summed E-state index contributed by atoms with van der Waals surface area (Å²) in [5, 5.41) is -0.897. The van der Waals surface area contributed by atoms with Crippen molar-refractivity contribution in [2.45, 2.75) is 25.3 Å². The van der Waals surface area contributed by atoms with E-state index in [1.807, 2.05) is 13.8 Å². The Labute approximate surface area is 136 Å². The number of halogens is 4. The fourth-order valence-corrected chi connectivity index (χ4v) is 2.71. The second kappa shape index (κ2) is 6.75. The molecule has 2 rings (SSSR count). The highest BCUT2D eigenvalue weighted by atomic mass is 79.9. The van der Waals surface area contributed by atoms with Gasteiger partial charge in [0.05, 0.1) is 11.5 Å². The summed E-state index contributed by atoms with van der Waals surface area (Å²) in [4.78, 5) is 0. The Morgan fingerprint density at radius 3 is 2.05 bits per heavy atom. The highest BCUT2D eigenvalue weighted by Gasteiger charge is 2.20. The lowest BCUT2D eigenvalue weighted by Gasteiger charge is -2.14. The lowest BCUT2D eigenvalue weighted by Crippen LogP contribution is -2.06. The highest BCUT2D eigenvalue weighted by Crippen LogP contribution is 2.34. The van der Waals surface area contributed by atoms with Gasteiger partial charge in [-0.15, -0.1) is 11.6 Å². The van der Waals surface area contributed by atoms with Crippen LogP contribution in [0.3, 0.4) is 0 Å². The van der Waals surface area contributed by atoms with Crippen molar-refractivity contribution in [2.75, 3.05) is 0 Å². The third kappa shape index (κ3) is 3.95. The zero-order chi connectivity index (χ0) is 15.6. The summed E-state index contributed by atoms with van der Waals surface area (Å²) >= 11 is 9.26. The topological polar surface area (TPSA) is 9.23 Å². The number of ether oxygens (including phenoxy) is 1. The molecule has 1 unspecified atom stereocenters. The van der Waals surface area contributed by atoms with E-state index in [4.69, 9.17) is 16.3 Å². The van der Waals surface area contributed by atoms with Crippen LogP contribution in [0.1, 0.15) is 30.4 Å². The Kier molecular flexibility index (Phi) is 5.22. The average molecular weight is 376 g/mol. The summed E-state index contributed by atoms with van der Waals surface area (Å²) in [6.07, 6.45) is 0.0593. The molecule has 0 aromatic heterocycles. The number of hydrogen-bond acceptors (Lipinski definition) is 1. The first-order valence-electron chi connectivity index (χ1n) is 6.43. The smallest absolute Gasteiger partial charge is 0.132 e. The van der Waals surface area contributed by atoms with E-state index in [9.17, 15) is 8.78 Å². The Morgan fingerprint density at radius 2 is 1.57 bits per heavy atom. The van der Waals surface area contributed by atoms with Gasteiger partial charge in [0.25, 0.3) is 0 Å². The molecule has 1 nitrogen and oxygen atoms in total. The SMILES string of the molecule is CC(C)Oc1ccc(C(Cl)c2c(F)cc(Br)cc2F)cc1. The Bertz CT molecular complexity index is 606. The number of hydrogen-bond donors (Lipinski definition) is 0. The van der Waals surface area contributed by atoms with Crippen LogP contribution in [0, 0.1) is 11.6 Å². The maximum Gasteiger partial charge on any atom is 0.132 e. The largest absolute Gasteiger partial charge is 0.491 e. The van der Waals surface area contributed by atoms with Gasteiger partial charge in [-0.1, -0.05) is 28.1 Å². The molecule has 2 aromatic rings. The molecule has 0 amide bonds. The normalized spacial score (nSPS) is 12.5. The Morgan fingerprint density at radius 1 is 1.05 bits per heavy atom. The molecule has 21 heavy (non-hydrogen) atoms. The second-order valence-corrected chi connectivity index (χ2v) is 6.23. The van der Waals surface area contributed by atoms with Gasteiger partial charge in [-0.05, 0) is 43.7 Å². The molecule has 0 bridgehead atoms. The van der Waals surface area contributed by atoms with Crippen molar-refractivity contribution in [1.82, 2.24) is 0 Å². The van der Waals surface area contributed by atoms with Gasteiger partial charge < -0.3 is 4.74 Å². The lowest BCUT2D eigenvalue weighted by molar-refractivity contribution is 0.242. The second-order valence-electron chi connectivity index (χ2n) is 4.88. The molecule has 0 fully saturated rings. The first kappa shape index (κ1) is 16.2.